The Morgan fingerprint density at radius 1 is 1.45 bits per heavy atom. The molecule has 0 amide bonds. The first kappa shape index (κ1) is 12.7. The molecule has 0 spiro atoms. The smallest absolute Gasteiger partial charge is 0.144 e. The number of anilines is 1. The number of aryl methyl sites for hydroxylation is 4. The maximum atomic E-state index is 9.26. The van der Waals surface area contributed by atoms with Crippen LogP contribution in [0.3, 0.4) is 0 Å². The Bertz CT molecular complexity index is 693. The highest BCUT2D eigenvalue weighted by Crippen LogP contribution is 2.25. The first-order valence-electron chi connectivity index (χ1n) is 6.83. The van der Waals surface area contributed by atoms with Gasteiger partial charge in [0.1, 0.15) is 11.9 Å². The van der Waals surface area contributed by atoms with E-state index in [2.05, 4.69) is 21.5 Å². The molecule has 0 fully saturated rings. The average molecular weight is 267 g/mol. The van der Waals surface area contributed by atoms with E-state index in [0.717, 1.165) is 36.2 Å². The number of fused-ring (bicyclic) bond motifs is 1. The van der Waals surface area contributed by atoms with Gasteiger partial charge in [0.05, 0.1) is 11.3 Å². The normalized spacial score (nSPS) is 13.1. The summed E-state index contributed by atoms with van der Waals surface area (Å²) in [7, 11) is 1.91. The molecule has 0 aromatic carbocycles. The third kappa shape index (κ3) is 2.25. The van der Waals surface area contributed by atoms with Crippen molar-refractivity contribution in [1.29, 1.82) is 5.26 Å². The minimum atomic E-state index is 0.632. The number of rotatable bonds is 3. The minimum Gasteiger partial charge on any atom is -0.365 e. The standard InChI is InChI=1S/C15H17N5/c1-10-13(9-20(2)19-10)8-17-15-12(7-16)6-11-4-3-5-14(11)18-15/h6,9H,3-5,8H2,1-2H3,(H,17,18). The van der Waals surface area contributed by atoms with Crippen molar-refractivity contribution < 1.29 is 0 Å². The SMILES string of the molecule is Cc1nn(C)cc1CNc1nc2c(cc1C#N)CCC2. The van der Waals surface area contributed by atoms with Gasteiger partial charge in [0.2, 0.25) is 0 Å². The van der Waals surface area contributed by atoms with Crippen LogP contribution in [0.1, 0.15) is 34.5 Å². The van der Waals surface area contributed by atoms with Crippen LogP contribution in [0.15, 0.2) is 12.3 Å². The van der Waals surface area contributed by atoms with Gasteiger partial charge in [0.25, 0.3) is 0 Å². The Balaban J connectivity index is 1.84. The maximum absolute atomic E-state index is 9.26. The summed E-state index contributed by atoms with van der Waals surface area (Å²) in [6, 6.07) is 4.22. The zero-order valence-corrected chi connectivity index (χ0v) is 11.8. The molecular formula is C15H17N5. The van der Waals surface area contributed by atoms with E-state index in [9.17, 15) is 5.26 Å². The van der Waals surface area contributed by atoms with E-state index in [4.69, 9.17) is 0 Å². The van der Waals surface area contributed by atoms with Gasteiger partial charge in [-0.2, -0.15) is 10.4 Å². The van der Waals surface area contributed by atoms with Gasteiger partial charge in [-0.15, -0.1) is 0 Å². The second kappa shape index (κ2) is 4.97. The van der Waals surface area contributed by atoms with Crippen molar-refractivity contribution in [2.45, 2.75) is 32.7 Å². The molecule has 1 aliphatic carbocycles. The van der Waals surface area contributed by atoms with Crippen LogP contribution in [-0.2, 0) is 26.4 Å². The van der Waals surface area contributed by atoms with Crippen molar-refractivity contribution in [1.82, 2.24) is 14.8 Å². The summed E-state index contributed by atoms with van der Waals surface area (Å²) in [4.78, 5) is 4.61. The molecule has 0 unspecified atom stereocenters. The lowest BCUT2D eigenvalue weighted by Gasteiger charge is -2.09. The lowest BCUT2D eigenvalue weighted by molar-refractivity contribution is 0.756. The number of pyridine rings is 1. The molecule has 1 N–H and O–H groups in total. The fourth-order valence-corrected chi connectivity index (χ4v) is 2.69. The summed E-state index contributed by atoms with van der Waals surface area (Å²) in [5.41, 5.74) is 5.12. The molecule has 0 aliphatic heterocycles. The number of aromatic nitrogens is 3. The van der Waals surface area contributed by atoms with Gasteiger partial charge in [0.15, 0.2) is 0 Å². The number of nitrogens with one attached hydrogen (secondary N) is 1. The van der Waals surface area contributed by atoms with E-state index < -0.39 is 0 Å². The van der Waals surface area contributed by atoms with Crippen LogP contribution in [0.25, 0.3) is 0 Å². The zero-order valence-electron chi connectivity index (χ0n) is 11.8. The number of hydrogen-bond donors (Lipinski definition) is 1. The number of hydrogen-bond acceptors (Lipinski definition) is 4. The third-order valence-corrected chi connectivity index (χ3v) is 3.73. The van der Waals surface area contributed by atoms with Gasteiger partial charge >= 0.3 is 0 Å². The molecule has 102 valence electrons. The fraction of sp³-hybridized carbons (Fsp3) is 0.400. The van der Waals surface area contributed by atoms with Crippen LogP contribution < -0.4 is 5.32 Å². The Morgan fingerprint density at radius 3 is 3.00 bits per heavy atom. The predicted molar refractivity (Wildman–Crippen MR) is 76.2 cm³/mol. The van der Waals surface area contributed by atoms with E-state index in [-0.39, 0.29) is 0 Å². The Labute approximate surface area is 118 Å². The molecule has 2 aromatic heterocycles. The minimum absolute atomic E-state index is 0.632. The highest BCUT2D eigenvalue weighted by Gasteiger charge is 2.16. The lowest BCUT2D eigenvalue weighted by Crippen LogP contribution is -2.06. The van der Waals surface area contributed by atoms with Crippen molar-refractivity contribution in [2.75, 3.05) is 5.32 Å². The first-order chi connectivity index (χ1) is 9.67. The van der Waals surface area contributed by atoms with Crippen LogP contribution in [0.2, 0.25) is 0 Å². The molecule has 2 heterocycles. The Morgan fingerprint density at radius 2 is 2.30 bits per heavy atom. The highest BCUT2D eigenvalue weighted by atomic mass is 15.3. The second-order valence-electron chi connectivity index (χ2n) is 5.22. The van der Waals surface area contributed by atoms with Crippen molar-refractivity contribution in [3.8, 4) is 6.07 Å². The summed E-state index contributed by atoms with van der Waals surface area (Å²) in [5, 5.41) is 16.9. The quantitative estimate of drug-likeness (QED) is 0.924. The molecule has 20 heavy (non-hydrogen) atoms. The van der Waals surface area contributed by atoms with Crippen LogP contribution in [0.4, 0.5) is 5.82 Å². The molecular weight excluding hydrogens is 250 g/mol. The Hall–Kier alpha value is -2.35. The van der Waals surface area contributed by atoms with Crippen molar-refractivity contribution in [3.63, 3.8) is 0 Å². The van der Waals surface area contributed by atoms with E-state index in [0.29, 0.717) is 17.9 Å². The maximum Gasteiger partial charge on any atom is 0.144 e. The van der Waals surface area contributed by atoms with Crippen molar-refractivity contribution in [3.05, 3.63) is 40.3 Å². The van der Waals surface area contributed by atoms with E-state index in [1.807, 2.05) is 26.2 Å². The molecule has 2 aromatic rings. The van der Waals surface area contributed by atoms with E-state index >= 15 is 0 Å². The Kier molecular flexibility index (Phi) is 3.15. The van der Waals surface area contributed by atoms with Gasteiger partial charge in [-0.1, -0.05) is 0 Å². The van der Waals surface area contributed by atoms with Gasteiger partial charge in [-0.3, -0.25) is 4.68 Å². The molecule has 0 atom stereocenters. The van der Waals surface area contributed by atoms with Gasteiger partial charge in [-0.05, 0) is 37.8 Å². The van der Waals surface area contributed by atoms with E-state index in [1.165, 1.54) is 5.56 Å². The van der Waals surface area contributed by atoms with Crippen molar-refractivity contribution in [2.24, 2.45) is 7.05 Å². The van der Waals surface area contributed by atoms with E-state index in [1.54, 1.807) is 4.68 Å². The molecule has 3 rings (SSSR count). The van der Waals surface area contributed by atoms with Crippen molar-refractivity contribution >= 4 is 5.82 Å². The average Bonchev–Trinajstić information content (AvgIpc) is 3.00. The second-order valence-corrected chi connectivity index (χ2v) is 5.22. The lowest BCUT2D eigenvalue weighted by atomic mass is 10.1. The largest absolute Gasteiger partial charge is 0.365 e. The van der Waals surface area contributed by atoms with Gasteiger partial charge in [-0.25, -0.2) is 4.98 Å². The topological polar surface area (TPSA) is 66.5 Å². The predicted octanol–water partition coefficient (Wildman–Crippen LogP) is 2.10. The zero-order chi connectivity index (χ0) is 14.1. The molecule has 0 saturated carbocycles. The monoisotopic (exact) mass is 267 g/mol. The molecule has 0 saturated heterocycles. The van der Waals surface area contributed by atoms with Crippen LogP contribution >= 0.6 is 0 Å². The summed E-state index contributed by atoms with van der Waals surface area (Å²) in [6.45, 7) is 2.62. The van der Waals surface area contributed by atoms with Gasteiger partial charge < -0.3 is 5.32 Å². The van der Waals surface area contributed by atoms with Gasteiger partial charge in [0, 0.05) is 31.0 Å². The molecule has 0 bridgehead atoms. The van der Waals surface area contributed by atoms with Crippen LogP contribution in [0, 0.1) is 18.3 Å². The molecule has 0 radical (unpaired) electrons. The summed E-state index contributed by atoms with van der Waals surface area (Å²) in [5.74, 6) is 0.691. The summed E-state index contributed by atoms with van der Waals surface area (Å²) in [6.07, 6.45) is 5.18. The third-order valence-electron chi connectivity index (χ3n) is 3.73. The molecule has 1 aliphatic rings. The number of nitriles is 1. The summed E-state index contributed by atoms with van der Waals surface area (Å²) >= 11 is 0. The summed E-state index contributed by atoms with van der Waals surface area (Å²) < 4.78 is 1.80. The molecule has 5 heteroatoms. The fourth-order valence-electron chi connectivity index (χ4n) is 2.69. The first-order valence-corrected chi connectivity index (χ1v) is 6.83. The molecule has 5 nitrogen and oxygen atoms in total. The van der Waals surface area contributed by atoms with Crippen LogP contribution in [-0.4, -0.2) is 14.8 Å². The number of nitrogens with zero attached hydrogens (tertiary/aromatic N) is 4. The van der Waals surface area contributed by atoms with Crippen LogP contribution in [0.5, 0.6) is 0 Å². The highest BCUT2D eigenvalue weighted by molar-refractivity contribution is 5.55.